The third-order valence-electron chi connectivity index (χ3n) is 6.16. The summed E-state index contributed by atoms with van der Waals surface area (Å²) >= 11 is 0. The van der Waals surface area contributed by atoms with Crippen LogP contribution in [0.3, 0.4) is 0 Å². The van der Waals surface area contributed by atoms with E-state index in [9.17, 15) is 9.90 Å². The largest absolute Gasteiger partial charge is 0.457 e. The lowest BCUT2D eigenvalue weighted by molar-refractivity contribution is -0.168. The van der Waals surface area contributed by atoms with Crippen molar-refractivity contribution < 1.29 is 28.5 Å². The molecule has 2 aliphatic heterocycles. The van der Waals surface area contributed by atoms with E-state index < -0.39 is 50.6 Å². The van der Waals surface area contributed by atoms with E-state index in [1.54, 1.807) is 0 Å². The van der Waals surface area contributed by atoms with Gasteiger partial charge in [0.15, 0.2) is 20.2 Å². The summed E-state index contributed by atoms with van der Waals surface area (Å²) < 4.78 is 24.7. The van der Waals surface area contributed by atoms with Crippen molar-refractivity contribution in [2.24, 2.45) is 0 Å². The van der Waals surface area contributed by atoms with Gasteiger partial charge in [-0.05, 0) is 37.5 Å². The molecular weight excluding hydrogens is 388 g/mol. The summed E-state index contributed by atoms with van der Waals surface area (Å²) in [4.78, 5) is 11.8. The molecule has 7 heteroatoms. The number of carbonyl (C=O) groups is 1. The zero-order chi connectivity index (χ0) is 21.6. The molecule has 0 radical (unpaired) electrons. The van der Waals surface area contributed by atoms with Gasteiger partial charge in [0.05, 0.1) is 12.5 Å². The van der Waals surface area contributed by atoms with E-state index in [4.69, 9.17) is 18.6 Å². The van der Waals surface area contributed by atoms with E-state index in [0.717, 1.165) is 5.56 Å². The number of rotatable bonds is 5. The fourth-order valence-electron chi connectivity index (χ4n) is 3.62. The highest BCUT2D eigenvalue weighted by atomic mass is 28.4. The number of ether oxygens (including phenoxy) is 3. The Hall–Kier alpha value is -1.25. The van der Waals surface area contributed by atoms with Crippen LogP contribution in [0, 0.1) is 0 Å². The molecule has 1 unspecified atom stereocenters. The van der Waals surface area contributed by atoms with Gasteiger partial charge in [0, 0.05) is 0 Å². The van der Waals surface area contributed by atoms with Crippen LogP contribution < -0.4 is 0 Å². The van der Waals surface area contributed by atoms with Crippen LogP contribution in [0.5, 0.6) is 0 Å². The third kappa shape index (κ3) is 4.75. The topological polar surface area (TPSA) is 74.2 Å². The van der Waals surface area contributed by atoms with Crippen molar-refractivity contribution >= 4 is 14.3 Å². The highest BCUT2D eigenvalue weighted by Crippen LogP contribution is 2.45. The van der Waals surface area contributed by atoms with Gasteiger partial charge in [-0.1, -0.05) is 51.1 Å². The first kappa shape index (κ1) is 22.4. The molecular formula is C22H34O6Si. The number of esters is 1. The van der Waals surface area contributed by atoms with Crippen molar-refractivity contribution in [1.29, 1.82) is 0 Å². The summed E-state index contributed by atoms with van der Waals surface area (Å²) in [7, 11) is -2.17. The van der Waals surface area contributed by atoms with E-state index in [-0.39, 0.29) is 11.5 Å². The Bertz CT molecular complexity index is 727. The van der Waals surface area contributed by atoms with Crippen LogP contribution >= 0.6 is 0 Å². The minimum atomic E-state index is -2.17. The predicted octanol–water partition coefficient (Wildman–Crippen LogP) is 3.95. The number of benzene rings is 1. The average molecular weight is 423 g/mol. The van der Waals surface area contributed by atoms with Crippen molar-refractivity contribution in [3.8, 4) is 0 Å². The lowest BCUT2D eigenvalue weighted by Crippen LogP contribution is -2.48. The van der Waals surface area contributed by atoms with Crippen LogP contribution in [0.2, 0.25) is 18.1 Å². The number of cyclic esters (lactones) is 1. The zero-order valence-corrected chi connectivity index (χ0v) is 19.5. The predicted molar refractivity (Wildman–Crippen MR) is 112 cm³/mol. The maximum Gasteiger partial charge on any atom is 0.309 e. The maximum atomic E-state index is 11.8. The summed E-state index contributed by atoms with van der Waals surface area (Å²) in [5.74, 6) is -1.30. The van der Waals surface area contributed by atoms with E-state index in [0.29, 0.717) is 0 Å². The molecule has 1 aromatic rings. The van der Waals surface area contributed by atoms with Crippen LogP contribution in [0.4, 0.5) is 0 Å². The number of aliphatic hydroxyl groups is 1. The second-order valence-electron chi connectivity index (χ2n) is 10.0. The number of aliphatic hydroxyl groups excluding tert-OH is 1. The van der Waals surface area contributed by atoms with E-state index in [1.165, 1.54) is 0 Å². The number of hydrogen-bond acceptors (Lipinski definition) is 6. The third-order valence-corrected chi connectivity index (χ3v) is 10.6. The quantitative estimate of drug-likeness (QED) is 0.572. The Morgan fingerprint density at radius 1 is 1.14 bits per heavy atom. The number of hydrogen-bond donors (Lipinski definition) is 1. The van der Waals surface area contributed by atoms with Crippen LogP contribution in [0.25, 0.3) is 0 Å². The van der Waals surface area contributed by atoms with Crippen molar-refractivity contribution in [2.75, 3.05) is 0 Å². The Kier molecular flexibility index (Phi) is 6.02. The lowest BCUT2D eigenvalue weighted by Gasteiger charge is -2.41. The van der Waals surface area contributed by atoms with Crippen molar-refractivity contribution in [3.05, 3.63) is 35.9 Å². The first-order chi connectivity index (χ1) is 13.3. The molecule has 2 heterocycles. The van der Waals surface area contributed by atoms with Gasteiger partial charge in [-0.15, -0.1) is 0 Å². The molecule has 162 valence electrons. The summed E-state index contributed by atoms with van der Waals surface area (Å²) in [6, 6.07) is 9.93. The molecule has 0 bridgehead atoms. The summed E-state index contributed by atoms with van der Waals surface area (Å²) in [5.41, 5.74) is 0.979. The van der Waals surface area contributed by atoms with Gasteiger partial charge in [0.1, 0.15) is 18.3 Å². The van der Waals surface area contributed by atoms with Gasteiger partial charge in [-0.25, -0.2) is 0 Å². The Labute approximate surface area is 174 Å². The number of carbonyl (C=O) groups excluding carboxylic acids is 1. The molecule has 0 amide bonds. The Morgan fingerprint density at radius 3 is 2.28 bits per heavy atom. The molecule has 6 nitrogen and oxygen atoms in total. The van der Waals surface area contributed by atoms with Crippen LogP contribution in [0.1, 0.15) is 52.7 Å². The van der Waals surface area contributed by atoms with Gasteiger partial charge >= 0.3 is 5.97 Å². The molecule has 2 fully saturated rings. The fourth-order valence-corrected chi connectivity index (χ4v) is 4.88. The first-order valence-electron chi connectivity index (χ1n) is 10.3. The van der Waals surface area contributed by atoms with E-state index >= 15 is 0 Å². The zero-order valence-electron chi connectivity index (χ0n) is 18.5. The summed E-state index contributed by atoms with van der Waals surface area (Å²) in [5, 5.41) is 10.4. The smallest absolute Gasteiger partial charge is 0.309 e. The molecule has 29 heavy (non-hydrogen) atoms. The second-order valence-corrected chi connectivity index (χ2v) is 14.8. The fraction of sp³-hybridized carbons (Fsp3) is 0.682. The molecule has 1 N–H and O–H groups in total. The highest BCUT2D eigenvalue weighted by Gasteiger charge is 2.55. The molecule has 0 aromatic heterocycles. The van der Waals surface area contributed by atoms with Gasteiger partial charge in [-0.3, -0.25) is 4.79 Å². The minimum Gasteiger partial charge on any atom is -0.457 e. The van der Waals surface area contributed by atoms with Gasteiger partial charge in [0.2, 0.25) is 0 Å². The Balaban J connectivity index is 1.99. The SMILES string of the molecule is CC1(C)O[C@H]([C@@H](O[Si](C)(C)C(C)(C)C)c2ccccc2)[C@@H](C2OC(=O)C[C@H]2O)O1. The standard InChI is InChI=1S/C22H34O6Si/c1-21(2,3)29(6,7)28-17(14-11-9-8-10-12-14)19-20(27-22(4,5)26-19)18-15(23)13-16(24)25-18/h8-12,15,17-20,23H,13H2,1-7H3/t15-,17+,18?,19-,20-/m1/s1. The first-order valence-corrected chi connectivity index (χ1v) is 13.2. The maximum absolute atomic E-state index is 11.8. The molecule has 2 saturated heterocycles. The van der Waals surface area contributed by atoms with Gasteiger partial charge < -0.3 is 23.7 Å². The Morgan fingerprint density at radius 2 is 1.76 bits per heavy atom. The lowest BCUT2D eigenvalue weighted by atomic mass is 9.95. The molecule has 0 spiro atoms. The molecule has 1 aromatic carbocycles. The van der Waals surface area contributed by atoms with Crippen molar-refractivity contribution in [3.63, 3.8) is 0 Å². The molecule has 5 atom stereocenters. The molecule has 3 rings (SSSR count). The van der Waals surface area contributed by atoms with Gasteiger partial charge in [-0.2, -0.15) is 0 Å². The van der Waals surface area contributed by atoms with Crippen LogP contribution in [0.15, 0.2) is 30.3 Å². The summed E-state index contributed by atoms with van der Waals surface area (Å²) in [6.45, 7) is 14.6. The van der Waals surface area contributed by atoms with Gasteiger partial charge in [0.25, 0.3) is 0 Å². The minimum absolute atomic E-state index is 0.00381. The average Bonchev–Trinajstić information content (AvgIpc) is 3.10. The van der Waals surface area contributed by atoms with Crippen molar-refractivity contribution in [2.45, 2.75) is 95.5 Å². The normalized spacial score (nSPS) is 31.0. The van der Waals surface area contributed by atoms with E-state index in [1.807, 2.05) is 44.2 Å². The van der Waals surface area contributed by atoms with Crippen molar-refractivity contribution in [1.82, 2.24) is 0 Å². The van der Waals surface area contributed by atoms with Crippen LogP contribution in [-0.2, 0) is 23.4 Å². The molecule has 0 aliphatic carbocycles. The second kappa shape index (κ2) is 7.78. The molecule has 2 aliphatic rings. The molecule has 0 saturated carbocycles. The highest BCUT2D eigenvalue weighted by molar-refractivity contribution is 6.74. The summed E-state index contributed by atoms with van der Waals surface area (Å²) in [6.07, 6.45) is -3.28. The van der Waals surface area contributed by atoms with E-state index in [2.05, 4.69) is 33.9 Å². The monoisotopic (exact) mass is 422 g/mol. The van der Waals surface area contributed by atoms with Crippen LogP contribution in [-0.4, -0.2) is 49.6 Å².